The Bertz CT molecular complexity index is 243. The van der Waals surface area contributed by atoms with Gasteiger partial charge < -0.3 is 0 Å². The summed E-state index contributed by atoms with van der Waals surface area (Å²) >= 11 is 3.17. The molecule has 0 bridgehead atoms. The van der Waals surface area contributed by atoms with Crippen molar-refractivity contribution in [3.05, 3.63) is 28.5 Å². The van der Waals surface area contributed by atoms with Crippen LogP contribution in [0.1, 0.15) is 31.1 Å². The molecule has 0 saturated heterocycles. The summed E-state index contributed by atoms with van der Waals surface area (Å²) in [6, 6.07) is 3.48. The van der Waals surface area contributed by atoms with Crippen LogP contribution in [-0.4, -0.2) is 10.8 Å². The van der Waals surface area contributed by atoms with Crippen LogP contribution in [0.3, 0.4) is 0 Å². The SMILES string of the molecule is CC.CC(=O)c1ccc(Br)nc1. The number of hydrogen-bond acceptors (Lipinski definition) is 2. The summed E-state index contributed by atoms with van der Waals surface area (Å²) in [5.74, 6) is 0.0417. The van der Waals surface area contributed by atoms with Crippen molar-refractivity contribution in [3.63, 3.8) is 0 Å². The van der Waals surface area contributed by atoms with Gasteiger partial charge in [-0.25, -0.2) is 4.98 Å². The van der Waals surface area contributed by atoms with Gasteiger partial charge in [-0.2, -0.15) is 0 Å². The standard InChI is InChI=1S/C7H6BrNO.C2H6/c1-5(10)6-2-3-7(8)9-4-6;1-2/h2-4H,1H3;1-2H3. The predicted octanol–water partition coefficient (Wildman–Crippen LogP) is 3.07. The lowest BCUT2D eigenvalue weighted by molar-refractivity contribution is 0.101. The molecular formula is C9H12BrNO. The molecule has 0 aliphatic heterocycles. The predicted molar refractivity (Wildman–Crippen MR) is 53.3 cm³/mol. The van der Waals surface area contributed by atoms with Gasteiger partial charge in [-0.15, -0.1) is 0 Å². The van der Waals surface area contributed by atoms with Crippen molar-refractivity contribution >= 4 is 21.7 Å². The number of nitrogens with zero attached hydrogens (tertiary/aromatic N) is 1. The quantitative estimate of drug-likeness (QED) is 0.548. The molecule has 1 aromatic rings. The molecule has 1 aromatic heterocycles. The smallest absolute Gasteiger partial charge is 0.161 e. The number of hydrogen-bond donors (Lipinski definition) is 0. The molecule has 2 nitrogen and oxygen atoms in total. The van der Waals surface area contributed by atoms with Crippen molar-refractivity contribution in [2.75, 3.05) is 0 Å². The van der Waals surface area contributed by atoms with E-state index in [0.29, 0.717) is 5.56 Å². The van der Waals surface area contributed by atoms with E-state index < -0.39 is 0 Å². The molecule has 0 aliphatic rings. The number of halogens is 1. The van der Waals surface area contributed by atoms with Gasteiger partial charge in [0.15, 0.2) is 5.78 Å². The average Bonchev–Trinajstić information content (AvgIpc) is 2.09. The number of aromatic nitrogens is 1. The third kappa shape index (κ3) is 3.62. The van der Waals surface area contributed by atoms with Crippen molar-refractivity contribution < 1.29 is 4.79 Å². The molecule has 0 spiro atoms. The molecule has 0 unspecified atom stereocenters. The van der Waals surface area contributed by atoms with Crippen LogP contribution in [0.25, 0.3) is 0 Å². The lowest BCUT2D eigenvalue weighted by Gasteiger charge is -1.92. The van der Waals surface area contributed by atoms with Crippen LogP contribution < -0.4 is 0 Å². The molecule has 0 atom stereocenters. The van der Waals surface area contributed by atoms with Crippen LogP contribution in [0.2, 0.25) is 0 Å². The molecular weight excluding hydrogens is 218 g/mol. The van der Waals surface area contributed by atoms with Crippen LogP contribution in [-0.2, 0) is 0 Å². The first-order valence-electron chi connectivity index (χ1n) is 3.82. The van der Waals surface area contributed by atoms with Crippen LogP contribution in [0.5, 0.6) is 0 Å². The van der Waals surface area contributed by atoms with Gasteiger partial charge in [0.25, 0.3) is 0 Å². The van der Waals surface area contributed by atoms with E-state index in [1.807, 2.05) is 13.8 Å². The molecule has 0 radical (unpaired) electrons. The van der Waals surface area contributed by atoms with Crippen molar-refractivity contribution in [1.82, 2.24) is 4.98 Å². The summed E-state index contributed by atoms with van der Waals surface area (Å²) in [5, 5.41) is 0. The van der Waals surface area contributed by atoms with E-state index in [2.05, 4.69) is 20.9 Å². The number of pyridine rings is 1. The molecule has 12 heavy (non-hydrogen) atoms. The molecule has 0 N–H and O–H groups in total. The van der Waals surface area contributed by atoms with E-state index in [4.69, 9.17) is 0 Å². The van der Waals surface area contributed by atoms with Gasteiger partial charge >= 0.3 is 0 Å². The molecule has 66 valence electrons. The molecule has 0 amide bonds. The molecule has 1 heterocycles. The summed E-state index contributed by atoms with van der Waals surface area (Å²) in [5.41, 5.74) is 0.642. The fraction of sp³-hybridized carbons (Fsp3) is 0.333. The highest BCUT2D eigenvalue weighted by molar-refractivity contribution is 9.10. The maximum atomic E-state index is 10.7. The second-order valence-electron chi connectivity index (χ2n) is 1.93. The molecule has 3 heteroatoms. The normalized spacial score (nSPS) is 8.33. The van der Waals surface area contributed by atoms with Crippen LogP contribution >= 0.6 is 15.9 Å². The lowest BCUT2D eigenvalue weighted by atomic mass is 10.2. The Morgan fingerprint density at radius 1 is 1.42 bits per heavy atom. The Kier molecular flexibility index (Phi) is 5.54. The zero-order chi connectivity index (χ0) is 9.56. The minimum Gasteiger partial charge on any atom is -0.294 e. The van der Waals surface area contributed by atoms with E-state index in [-0.39, 0.29) is 5.78 Å². The second kappa shape index (κ2) is 5.89. The van der Waals surface area contributed by atoms with E-state index in [1.165, 1.54) is 6.92 Å². The Labute approximate surface area is 81.1 Å². The summed E-state index contributed by atoms with van der Waals surface area (Å²) in [4.78, 5) is 14.6. The number of rotatable bonds is 1. The number of Topliss-reactive ketones (excluding diaryl/α,β-unsaturated/α-hetero) is 1. The number of ketones is 1. The highest BCUT2D eigenvalue weighted by atomic mass is 79.9. The van der Waals surface area contributed by atoms with Gasteiger partial charge in [0.2, 0.25) is 0 Å². The molecule has 0 fully saturated rings. The largest absolute Gasteiger partial charge is 0.294 e. The highest BCUT2D eigenvalue weighted by Crippen LogP contribution is 2.06. The third-order valence-electron chi connectivity index (χ3n) is 1.13. The Balaban J connectivity index is 0.000000561. The van der Waals surface area contributed by atoms with Crippen LogP contribution in [0, 0.1) is 0 Å². The van der Waals surface area contributed by atoms with Crippen LogP contribution in [0.15, 0.2) is 22.9 Å². The van der Waals surface area contributed by atoms with Gasteiger partial charge in [-0.1, -0.05) is 13.8 Å². The number of carbonyl (C=O) groups excluding carboxylic acids is 1. The monoisotopic (exact) mass is 229 g/mol. The zero-order valence-corrected chi connectivity index (χ0v) is 9.05. The summed E-state index contributed by atoms with van der Waals surface area (Å²) in [6.45, 7) is 5.52. The van der Waals surface area contributed by atoms with Crippen molar-refractivity contribution in [3.8, 4) is 0 Å². The first-order chi connectivity index (χ1) is 5.70. The van der Waals surface area contributed by atoms with E-state index >= 15 is 0 Å². The van der Waals surface area contributed by atoms with Crippen molar-refractivity contribution in [1.29, 1.82) is 0 Å². The minimum atomic E-state index is 0.0417. The second-order valence-corrected chi connectivity index (χ2v) is 2.74. The van der Waals surface area contributed by atoms with Gasteiger partial charge in [-0.3, -0.25) is 4.79 Å². The van der Waals surface area contributed by atoms with Crippen molar-refractivity contribution in [2.24, 2.45) is 0 Å². The summed E-state index contributed by atoms with van der Waals surface area (Å²) in [7, 11) is 0. The lowest BCUT2D eigenvalue weighted by Crippen LogP contribution is -1.91. The fourth-order valence-electron chi connectivity index (χ4n) is 0.584. The Hall–Kier alpha value is -0.700. The van der Waals surface area contributed by atoms with Gasteiger partial charge in [0.1, 0.15) is 4.60 Å². The first-order valence-corrected chi connectivity index (χ1v) is 4.62. The van der Waals surface area contributed by atoms with Gasteiger partial charge in [0, 0.05) is 11.8 Å². The maximum absolute atomic E-state index is 10.7. The molecule has 0 saturated carbocycles. The van der Waals surface area contributed by atoms with Gasteiger partial charge in [0.05, 0.1) is 0 Å². The minimum absolute atomic E-state index is 0.0417. The fourth-order valence-corrected chi connectivity index (χ4v) is 0.819. The third-order valence-corrected chi connectivity index (χ3v) is 1.60. The molecule has 0 aliphatic carbocycles. The Morgan fingerprint density at radius 3 is 2.33 bits per heavy atom. The van der Waals surface area contributed by atoms with Crippen molar-refractivity contribution in [2.45, 2.75) is 20.8 Å². The number of carbonyl (C=O) groups is 1. The summed E-state index contributed by atoms with van der Waals surface area (Å²) < 4.78 is 0.748. The van der Waals surface area contributed by atoms with Crippen LogP contribution in [0.4, 0.5) is 0 Å². The first kappa shape index (κ1) is 11.3. The average molecular weight is 230 g/mol. The van der Waals surface area contributed by atoms with Gasteiger partial charge in [-0.05, 0) is 35.0 Å². The summed E-state index contributed by atoms with van der Waals surface area (Å²) in [6.07, 6.45) is 1.55. The molecule has 0 aromatic carbocycles. The topological polar surface area (TPSA) is 30.0 Å². The highest BCUT2D eigenvalue weighted by Gasteiger charge is 1.96. The van der Waals surface area contributed by atoms with E-state index in [9.17, 15) is 4.79 Å². The van der Waals surface area contributed by atoms with E-state index in [1.54, 1.807) is 18.3 Å². The zero-order valence-electron chi connectivity index (χ0n) is 7.47. The molecule has 1 rings (SSSR count). The Morgan fingerprint density at radius 2 is 2.00 bits per heavy atom. The maximum Gasteiger partial charge on any atom is 0.161 e. The van der Waals surface area contributed by atoms with E-state index in [0.717, 1.165) is 4.60 Å².